The Balaban J connectivity index is 2.63. The Labute approximate surface area is 113 Å². The number of methoxy groups -OCH3 is 1. The van der Waals surface area contributed by atoms with Crippen molar-refractivity contribution >= 4 is 0 Å². The van der Waals surface area contributed by atoms with Crippen molar-refractivity contribution in [2.24, 2.45) is 5.41 Å². The molecule has 0 amide bonds. The van der Waals surface area contributed by atoms with E-state index in [2.05, 4.69) is 18.7 Å². The molecule has 0 atom stereocenters. The molecular weight excluding hydrogens is 226 g/mol. The molecule has 0 unspecified atom stereocenters. The largest absolute Gasteiger partial charge is 0.396 e. The van der Waals surface area contributed by atoms with Gasteiger partial charge in [0.15, 0.2) is 0 Å². The summed E-state index contributed by atoms with van der Waals surface area (Å²) in [4.78, 5) is 2.55. The minimum absolute atomic E-state index is 0.163. The van der Waals surface area contributed by atoms with Crippen molar-refractivity contribution in [3.63, 3.8) is 0 Å². The van der Waals surface area contributed by atoms with Gasteiger partial charge in [-0.3, -0.25) is 4.90 Å². The smallest absolute Gasteiger partial charge is 0.0589 e. The second kappa shape index (κ2) is 8.13. The molecule has 3 heteroatoms. The van der Waals surface area contributed by atoms with Crippen LogP contribution in [0.15, 0.2) is 0 Å². The summed E-state index contributed by atoms with van der Waals surface area (Å²) in [6.45, 7) is 7.68. The molecule has 0 saturated heterocycles. The first-order valence-corrected chi connectivity index (χ1v) is 7.55. The number of ether oxygens (including phenoxy) is 1. The highest BCUT2D eigenvalue weighted by molar-refractivity contribution is 4.88. The minimum Gasteiger partial charge on any atom is -0.396 e. The van der Waals surface area contributed by atoms with Gasteiger partial charge in [-0.05, 0) is 25.7 Å². The van der Waals surface area contributed by atoms with Gasteiger partial charge in [0.1, 0.15) is 0 Å². The lowest BCUT2D eigenvalue weighted by molar-refractivity contribution is 0.0393. The maximum absolute atomic E-state index is 9.76. The molecule has 0 aliphatic heterocycles. The lowest BCUT2D eigenvalue weighted by Crippen LogP contribution is -2.45. The van der Waals surface area contributed by atoms with E-state index in [1.54, 1.807) is 7.11 Å². The van der Waals surface area contributed by atoms with Gasteiger partial charge < -0.3 is 9.84 Å². The van der Waals surface area contributed by atoms with Crippen molar-refractivity contribution in [1.29, 1.82) is 0 Å². The summed E-state index contributed by atoms with van der Waals surface area (Å²) in [7, 11) is 1.77. The Morgan fingerprint density at radius 3 is 2.28 bits per heavy atom. The molecule has 18 heavy (non-hydrogen) atoms. The maximum atomic E-state index is 9.76. The highest BCUT2D eigenvalue weighted by atomic mass is 16.5. The van der Waals surface area contributed by atoms with Crippen LogP contribution in [0.5, 0.6) is 0 Å². The first-order chi connectivity index (χ1) is 8.71. The molecule has 0 spiro atoms. The number of aliphatic hydroxyl groups is 1. The normalized spacial score (nSPS) is 19.0. The van der Waals surface area contributed by atoms with Crippen LogP contribution in [0.3, 0.4) is 0 Å². The third kappa shape index (κ3) is 4.22. The number of rotatable bonds is 9. The topological polar surface area (TPSA) is 32.7 Å². The van der Waals surface area contributed by atoms with E-state index in [1.165, 1.54) is 38.5 Å². The van der Waals surface area contributed by atoms with Gasteiger partial charge in [0.2, 0.25) is 0 Å². The van der Waals surface area contributed by atoms with Crippen LogP contribution in [0.1, 0.15) is 52.4 Å². The number of aliphatic hydroxyl groups excluding tert-OH is 1. The lowest BCUT2D eigenvalue weighted by Gasteiger charge is -2.38. The van der Waals surface area contributed by atoms with Crippen molar-refractivity contribution in [3.8, 4) is 0 Å². The number of hydrogen-bond donors (Lipinski definition) is 1. The second-order valence-electron chi connectivity index (χ2n) is 5.80. The summed E-state index contributed by atoms with van der Waals surface area (Å²) in [5, 5.41) is 9.76. The Bertz CT molecular complexity index is 211. The Morgan fingerprint density at radius 2 is 1.83 bits per heavy atom. The zero-order valence-corrected chi connectivity index (χ0v) is 12.5. The summed E-state index contributed by atoms with van der Waals surface area (Å²) in [6, 6.07) is 0.629. The van der Waals surface area contributed by atoms with E-state index in [9.17, 15) is 5.11 Å². The molecule has 0 heterocycles. The van der Waals surface area contributed by atoms with Crippen LogP contribution in [0.4, 0.5) is 0 Å². The second-order valence-corrected chi connectivity index (χ2v) is 5.80. The van der Waals surface area contributed by atoms with Crippen LogP contribution in [-0.2, 0) is 4.74 Å². The zero-order valence-electron chi connectivity index (χ0n) is 12.5. The van der Waals surface area contributed by atoms with Gasteiger partial charge in [-0.25, -0.2) is 0 Å². The van der Waals surface area contributed by atoms with E-state index in [1.807, 2.05) is 0 Å². The summed E-state index contributed by atoms with van der Waals surface area (Å²) < 4.78 is 5.24. The first-order valence-electron chi connectivity index (χ1n) is 7.55. The summed E-state index contributed by atoms with van der Waals surface area (Å²) in [5.41, 5.74) is 0.163. The number of hydrogen-bond acceptors (Lipinski definition) is 3. The molecule has 1 N–H and O–H groups in total. The third-order valence-electron chi connectivity index (χ3n) is 4.58. The quantitative estimate of drug-likeness (QED) is 0.689. The van der Waals surface area contributed by atoms with E-state index < -0.39 is 0 Å². The van der Waals surface area contributed by atoms with Crippen molar-refractivity contribution in [1.82, 2.24) is 4.90 Å². The van der Waals surface area contributed by atoms with Crippen molar-refractivity contribution in [2.45, 2.75) is 58.4 Å². The molecule has 1 saturated carbocycles. The molecular formula is C15H31NO2. The molecule has 0 bridgehead atoms. The van der Waals surface area contributed by atoms with E-state index in [4.69, 9.17) is 4.74 Å². The fraction of sp³-hybridized carbons (Fsp3) is 1.00. The predicted octanol–water partition coefficient (Wildman–Crippen LogP) is 2.68. The van der Waals surface area contributed by atoms with Crippen molar-refractivity contribution < 1.29 is 9.84 Å². The lowest BCUT2D eigenvalue weighted by atomic mass is 9.86. The fourth-order valence-corrected chi connectivity index (χ4v) is 3.33. The van der Waals surface area contributed by atoms with E-state index in [0.29, 0.717) is 12.6 Å². The molecule has 0 aromatic carbocycles. The maximum Gasteiger partial charge on any atom is 0.0589 e. The van der Waals surface area contributed by atoms with Crippen molar-refractivity contribution in [2.75, 3.05) is 33.4 Å². The molecule has 1 fully saturated rings. The average Bonchev–Trinajstić information content (AvgIpc) is 2.86. The summed E-state index contributed by atoms with van der Waals surface area (Å²) >= 11 is 0. The summed E-state index contributed by atoms with van der Waals surface area (Å²) in [6.07, 6.45) is 7.30. The molecule has 1 aliphatic rings. The van der Waals surface area contributed by atoms with E-state index >= 15 is 0 Å². The van der Waals surface area contributed by atoms with Crippen LogP contribution in [0.2, 0.25) is 0 Å². The highest BCUT2D eigenvalue weighted by Crippen LogP contribution is 2.38. The van der Waals surface area contributed by atoms with Crippen molar-refractivity contribution in [3.05, 3.63) is 0 Å². The molecule has 3 nitrogen and oxygen atoms in total. The van der Waals surface area contributed by atoms with Crippen LogP contribution in [0, 0.1) is 5.41 Å². The third-order valence-corrected chi connectivity index (χ3v) is 4.58. The zero-order chi connectivity index (χ0) is 13.4. The van der Waals surface area contributed by atoms with Gasteiger partial charge >= 0.3 is 0 Å². The Hall–Kier alpha value is -0.120. The monoisotopic (exact) mass is 257 g/mol. The Morgan fingerprint density at radius 1 is 1.22 bits per heavy atom. The number of nitrogens with zero attached hydrogens (tertiary/aromatic N) is 1. The van der Waals surface area contributed by atoms with Gasteiger partial charge in [0, 0.05) is 38.3 Å². The van der Waals surface area contributed by atoms with Crippen LogP contribution in [-0.4, -0.2) is 49.5 Å². The standard InChI is InChI=1S/C15H31NO2/c1-4-14(5-2)16(10-11-18-3)12-15(13-17)8-6-7-9-15/h14,17H,4-13H2,1-3H3. The minimum atomic E-state index is 0.163. The summed E-state index contributed by atoms with van der Waals surface area (Å²) in [5.74, 6) is 0. The molecule has 0 aromatic rings. The van der Waals surface area contributed by atoms with Gasteiger partial charge in [-0.1, -0.05) is 26.7 Å². The van der Waals surface area contributed by atoms with Gasteiger partial charge in [0.05, 0.1) is 6.61 Å². The molecule has 0 radical (unpaired) electrons. The first kappa shape index (κ1) is 15.9. The average molecular weight is 257 g/mol. The molecule has 0 aromatic heterocycles. The Kier molecular flexibility index (Phi) is 7.20. The molecule has 1 aliphatic carbocycles. The SMILES string of the molecule is CCC(CC)N(CCOC)CC1(CO)CCCC1. The van der Waals surface area contributed by atoms with Gasteiger partial charge in [-0.15, -0.1) is 0 Å². The van der Waals surface area contributed by atoms with Crippen LogP contribution in [0.25, 0.3) is 0 Å². The predicted molar refractivity (Wildman–Crippen MR) is 75.8 cm³/mol. The van der Waals surface area contributed by atoms with Gasteiger partial charge in [-0.2, -0.15) is 0 Å². The van der Waals surface area contributed by atoms with Crippen LogP contribution >= 0.6 is 0 Å². The van der Waals surface area contributed by atoms with Crippen LogP contribution < -0.4 is 0 Å². The fourth-order valence-electron chi connectivity index (χ4n) is 3.33. The van der Waals surface area contributed by atoms with Gasteiger partial charge in [0.25, 0.3) is 0 Å². The van der Waals surface area contributed by atoms with E-state index in [-0.39, 0.29) is 5.41 Å². The molecule has 1 rings (SSSR count). The highest BCUT2D eigenvalue weighted by Gasteiger charge is 2.36. The van der Waals surface area contributed by atoms with E-state index in [0.717, 1.165) is 19.7 Å². The molecule has 108 valence electrons.